The van der Waals surface area contributed by atoms with Gasteiger partial charge in [0.2, 0.25) is 0 Å². The maximum absolute atomic E-state index is 11.5. The molecule has 0 aliphatic heterocycles. The van der Waals surface area contributed by atoms with E-state index in [1.54, 1.807) is 0 Å². The third-order valence-corrected chi connectivity index (χ3v) is 3.53. The first-order valence-corrected chi connectivity index (χ1v) is 8.13. The van der Waals surface area contributed by atoms with Crippen LogP contribution in [0.25, 0.3) is 0 Å². The molecule has 0 spiro atoms. The van der Waals surface area contributed by atoms with Gasteiger partial charge in [0, 0.05) is 25.1 Å². The number of rotatable bonds is 8. The van der Waals surface area contributed by atoms with Gasteiger partial charge >= 0.3 is 5.97 Å². The van der Waals surface area contributed by atoms with Gasteiger partial charge in [-0.05, 0) is 13.3 Å². The zero-order valence-electron chi connectivity index (χ0n) is 15.1. The molecule has 1 aromatic rings. The normalized spacial score (nSPS) is 12.3. The highest BCUT2D eigenvalue weighted by Gasteiger charge is 2.15. The van der Waals surface area contributed by atoms with Crippen molar-refractivity contribution < 1.29 is 14.1 Å². The molecule has 0 amide bonds. The summed E-state index contributed by atoms with van der Waals surface area (Å²) in [6, 6.07) is 0. The molecule has 138 valence electrons. The van der Waals surface area contributed by atoms with E-state index in [4.69, 9.17) is 9.26 Å². The molecule has 0 radical (unpaired) electrons. The van der Waals surface area contributed by atoms with Crippen LogP contribution < -0.4 is 10.6 Å². The van der Waals surface area contributed by atoms with Crippen LogP contribution in [0.4, 0.5) is 0 Å². The lowest BCUT2D eigenvalue weighted by Crippen LogP contribution is -2.40. The summed E-state index contributed by atoms with van der Waals surface area (Å²) in [5.74, 6) is 1.06. The quantitative estimate of drug-likeness (QED) is 0.272. The maximum Gasteiger partial charge on any atom is 0.310 e. The number of halogens is 1. The molecular weight excluding hydrogens is 423 g/mol. The zero-order valence-corrected chi connectivity index (χ0v) is 17.5. The third kappa shape index (κ3) is 6.66. The number of hydrogen-bond acceptors (Lipinski definition) is 5. The SMILES string of the molecule is CCNC(=NCc1c(CC)noc1CC)NCC(C)C(=O)OC.I. The van der Waals surface area contributed by atoms with Crippen LogP contribution in [0.3, 0.4) is 0 Å². The Bertz CT molecular complexity index is 510. The summed E-state index contributed by atoms with van der Waals surface area (Å²) in [7, 11) is 1.39. The fraction of sp³-hybridized carbons (Fsp3) is 0.688. The average molecular weight is 452 g/mol. The van der Waals surface area contributed by atoms with Gasteiger partial charge in [0.15, 0.2) is 5.96 Å². The molecule has 1 rings (SSSR count). The number of hydrogen-bond donors (Lipinski definition) is 2. The first-order chi connectivity index (χ1) is 11.1. The molecule has 0 aromatic carbocycles. The second-order valence-electron chi connectivity index (χ2n) is 5.24. The van der Waals surface area contributed by atoms with Crippen molar-refractivity contribution in [1.29, 1.82) is 0 Å². The van der Waals surface area contributed by atoms with E-state index in [1.807, 2.05) is 27.7 Å². The van der Waals surface area contributed by atoms with Crippen LogP contribution in [-0.4, -0.2) is 37.3 Å². The van der Waals surface area contributed by atoms with Crippen molar-refractivity contribution in [2.24, 2.45) is 10.9 Å². The van der Waals surface area contributed by atoms with Crippen molar-refractivity contribution in [3.63, 3.8) is 0 Å². The highest BCUT2D eigenvalue weighted by atomic mass is 127. The van der Waals surface area contributed by atoms with Crippen LogP contribution in [0.15, 0.2) is 9.52 Å². The number of aryl methyl sites for hydroxylation is 2. The first-order valence-electron chi connectivity index (χ1n) is 8.13. The lowest BCUT2D eigenvalue weighted by molar-refractivity contribution is -0.144. The summed E-state index contributed by atoms with van der Waals surface area (Å²) in [4.78, 5) is 16.0. The Balaban J connectivity index is 0.00000529. The molecule has 0 saturated carbocycles. The van der Waals surface area contributed by atoms with Crippen molar-refractivity contribution in [2.75, 3.05) is 20.2 Å². The predicted molar refractivity (Wildman–Crippen MR) is 105 cm³/mol. The van der Waals surface area contributed by atoms with Crippen LogP contribution in [0.5, 0.6) is 0 Å². The van der Waals surface area contributed by atoms with Crippen LogP contribution in [0.2, 0.25) is 0 Å². The number of aromatic nitrogens is 1. The smallest absolute Gasteiger partial charge is 0.310 e. The van der Waals surface area contributed by atoms with Crippen molar-refractivity contribution in [3.05, 3.63) is 17.0 Å². The van der Waals surface area contributed by atoms with Gasteiger partial charge < -0.3 is 19.9 Å². The zero-order chi connectivity index (χ0) is 17.2. The minimum atomic E-state index is -0.242. The number of aliphatic imine (C=N–C) groups is 1. The summed E-state index contributed by atoms with van der Waals surface area (Å²) in [6.07, 6.45) is 1.61. The number of guanidine groups is 1. The molecule has 0 bridgehead atoms. The summed E-state index contributed by atoms with van der Waals surface area (Å²) in [5.41, 5.74) is 2.00. The maximum atomic E-state index is 11.5. The summed E-state index contributed by atoms with van der Waals surface area (Å²) < 4.78 is 10.1. The minimum Gasteiger partial charge on any atom is -0.469 e. The molecule has 1 atom stereocenters. The van der Waals surface area contributed by atoms with Crippen molar-refractivity contribution >= 4 is 35.9 Å². The molecule has 24 heavy (non-hydrogen) atoms. The van der Waals surface area contributed by atoms with Crippen molar-refractivity contribution in [1.82, 2.24) is 15.8 Å². The van der Waals surface area contributed by atoms with Crippen LogP contribution in [0, 0.1) is 5.92 Å². The van der Waals surface area contributed by atoms with Crippen LogP contribution in [-0.2, 0) is 28.9 Å². The molecule has 0 saturated heterocycles. The molecular formula is C16H29IN4O3. The second kappa shape index (κ2) is 12.1. The first kappa shape index (κ1) is 22.7. The fourth-order valence-electron chi connectivity index (χ4n) is 2.15. The lowest BCUT2D eigenvalue weighted by atomic mass is 10.1. The minimum absolute atomic E-state index is 0. The van der Waals surface area contributed by atoms with Gasteiger partial charge in [-0.2, -0.15) is 0 Å². The molecule has 0 aliphatic rings. The Morgan fingerprint density at radius 3 is 2.54 bits per heavy atom. The van der Waals surface area contributed by atoms with Gasteiger partial charge in [0.05, 0.1) is 25.3 Å². The van der Waals surface area contributed by atoms with E-state index < -0.39 is 0 Å². The van der Waals surface area contributed by atoms with E-state index in [9.17, 15) is 4.79 Å². The average Bonchev–Trinajstić information content (AvgIpc) is 2.98. The van der Waals surface area contributed by atoms with E-state index >= 15 is 0 Å². The Morgan fingerprint density at radius 1 is 1.29 bits per heavy atom. The highest BCUT2D eigenvalue weighted by Crippen LogP contribution is 2.16. The largest absolute Gasteiger partial charge is 0.469 e. The number of esters is 1. The summed E-state index contributed by atoms with van der Waals surface area (Å²) in [6.45, 7) is 9.59. The Labute approximate surface area is 161 Å². The monoisotopic (exact) mass is 452 g/mol. The second-order valence-corrected chi connectivity index (χ2v) is 5.24. The number of carbonyl (C=O) groups excluding carboxylic acids is 1. The van der Waals surface area contributed by atoms with Gasteiger partial charge in [-0.25, -0.2) is 4.99 Å². The molecule has 2 N–H and O–H groups in total. The van der Waals surface area contributed by atoms with Crippen LogP contribution in [0.1, 0.15) is 44.7 Å². The van der Waals surface area contributed by atoms with Crippen LogP contribution >= 0.6 is 24.0 Å². The summed E-state index contributed by atoms with van der Waals surface area (Å²) in [5, 5.41) is 10.4. The Hall–Kier alpha value is -1.32. The lowest BCUT2D eigenvalue weighted by Gasteiger charge is -2.14. The molecule has 8 heteroatoms. The number of nitrogens with zero attached hydrogens (tertiary/aromatic N) is 2. The number of carbonyl (C=O) groups is 1. The van der Waals surface area contributed by atoms with E-state index in [0.29, 0.717) is 19.0 Å². The Kier molecular flexibility index (Phi) is 11.4. The highest BCUT2D eigenvalue weighted by molar-refractivity contribution is 14.0. The number of ether oxygens (including phenoxy) is 1. The molecule has 1 aromatic heterocycles. The third-order valence-electron chi connectivity index (χ3n) is 3.53. The van der Waals surface area contributed by atoms with Gasteiger partial charge in [-0.1, -0.05) is 25.9 Å². The molecule has 0 aliphatic carbocycles. The summed E-state index contributed by atoms with van der Waals surface area (Å²) >= 11 is 0. The molecule has 1 heterocycles. The Morgan fingerprint density at radius 2 is 2.00 bits per heavy atom. The van der Waals surface area contributed by atoms with Gasteiger partial charge in [-0.3, -0.25) is 4.79 Å². The van der Waals surface area contributed by atoms with Gasteiger partial charge in [0.25, 0.3) is 0 Å². The van der Waals surface area contributed by atoms with Crippen molar-refractivity contribution in [2.45, 2.75) is 47.1 Å². The van der Waals surface area contributed by atoms with E-state index in [1.165, 1.54) is 7.11 Å². The fourth-order valence-corrected chi connectivity index (χ4v) is 2.15. The van der Waals surface area contributed by atoms with E-state index in [2.05, 4.69) is 20.8 Å². The van der Waals surface area contributed by atoms with Gasteiger partial charge in [-0.15, -0.1) is 24.0 Å². The number of methoxy groups -OCH3 is 1. The molecule has 1 unspecified atom stereocenters. The topological polar surface area (TPSA) is 88.8 Å². The van der Waals surface area contributed by atoms with Crippen molar-refractivity contribution in [3.8, 4) is 0 Å². The molecule has 7 nitrogen and oxygen atoms in total. The predicted octanol–water partition coefficient (Wildman–Crippen LogP) is 2.28. The van der Waals surface area contributed by atoms with Gasteiger partial charge in [0.1, 0.15) is 5.76 Å². The van der Waals surface area contributed by atoms with E-state index in [0.717, 1.165) is 36.4 Å². The number of nitrogens with one attached hydrogen (secondary N) is 2. The van der Waals surface area contributed by atoms with E-state index in [-0.39, 0.29) is 35.9 Å². The molecule has 0 fully saturated rings. The standard InChI is InChI=1S/C16H28N4O3.HI/c1-6-13-12(14(7-2)23-20-13)10-19-16(17-8-3)18-9-11(4)15(21)22-5;/h11H,6-10H2,1-5H3,(H2,17,18,19);1H.